The number of imide groups is 1. The van der Waals surface area contributed by atoms with Gasteiger partial charge in [-0.3, -0.25) is 14.9 Å². The third-order valence-corrected chi connectivity index (χ3v) is 2.98. The topological polar surface area (TPSA) is 69.6 Å². The van der Waals surface area contributed by atoms with Crippen molar-refractivity contribution in [1.82, 2.24) is 5.32 Å². The van der Waals surface area contributed by atoms with Gasteiger partial charge in [0.25, 0.3) is 0 Å². The zero-order valence-electron chi connectivity index (χ0n) is 10.2. The summed E-state index contributed by atoms with van der Waals surface area (Å²) in [5.41, 5.74) is 1.65. The van der Waals surface area contributed by atoms with Crippen molar-refractivity contribution in [2.45, 2.75) is 19.4 Å². The molecule has 1 aliphatic rings. The van der Waals surface area contributed by atoms with Gasteiger partial charge in [0.1, 0.15) is 0 Å². The van der Waals surface area contributed by atoms with E-state index in [0.29, 0.717) is 6.42 Å². The van der Waals surface area contributed by atoms with Crippen LogP contribution in [0, 0.1) is 0 Å². The average Bonchev–Trinajstić information content (AvgIpc) is 2.37. The minimum atomic E-state index is -0.467. The highest BCUT2D eigenvalue weighted by Crippen LogP contribution is 2.21. The fraction of sp³-hybridized carbons (Fsp3) is 0.385. The van der Waals surface area contributed by atoms with Crippen LogP contribution in [0.15, 0.2) is 24.3 Å². The number of aliphatic hydroxyl groups is 1. The summed E-state index contributed by atoms with van der Waals surface area (Å²) >= 11 is 0. The monoisotopic (exact) mass is 248 g/mol. The molecule has 1 aliphatic heterocycles. The molecule has 1 aromatic carbocycles. The second-order valence-corrected chi connectivity index (χ2v) is 4.34. The van der Waals surface area contributed by atoms with E-state index in [1.807, 2.05) is 31.2 Å². The van der Waals surface area contributed by atoms with Crippen LogP contribution in [0.2, 0.25) is 0 Å². The van der Waals surface area contributed by atoms with Gasteiger partial charge in [0.15, 0.2) is 0 Å². The smallest absolute Gasteiger partial charge is 0.246 e. The van der Waals surface area contributed by atoms with Gasteiger partial charge in [-0.2, -0.15) is 0 Å². The minimum absolute atomic E-state index is 0.182. The number of rotatable bonds is 3. The van der Waals surface area contributed by atoms with Crippen molar-refractivity contribution in [2.75, 3.05) is 18.0 Å². The number of nitrogens with one attached hydrogen (secondary N) is 1. The van der Waals surface area contributed by atoms with Gasteiger partial charge in [-0.15, -0.1) is 0 Å². The maximum absolute atomic E-state index is 11.3. The van der Waals surface area contributed by atoms with Crippen molar-refractivity contribution >= 4 is 17.5 Å². The van der Waals surface area contributed by atoms with Crippen LogP contribution in [0.1, 0.15) is 25.0 Å². The van der Waals surface area contributed by atoms with Gasteiger partial charge in [-0.05, 0) is 24.1 Å². The molecule has 0 aliphatic carbocycles. The third-order valence-electron chi connectivity index (χ3n) is 2.98. The molecule has 0 saturated carbocycles. The molecule has 96 valence electrons. The molecular formula is C13H16N2O3. The summed E-state index contributed by atoms with van der Waals surface area (Å²) in [6.45, 7) is 2.27. The van der Waals surface area contributed by atoms with Crippen LogP contribution >= 0.6 is 0 Å². The first-order chi connectivity index (χ1) is 8.60. The molecule has 1 atom stereocenters. The Hall–Kier alpha value is -1.88. The van der Waals surface area contributed by atoms with Crippen LogP contribution < -0.4 is 10.2 Å². The highest BCUT2D eigenvalue weighted by Gasteiger charge is 2.22. The molecule has 0 unspecified atom stereocenters. The number of hydrogen-bond acceptors (Lipinski definition) is 4. The van der Waals surface area contributed by atoms with Crippen LogP contribution in [-0.2, 0) is 9.59 Å². The van der Waals surface area contributed by atoms with Crippen molar-refractivity contribution in [3.63, 3.8) is 0 Å². The maximum Gasteiger partial charge on any atom is 0.246 e. The van der Waals surface area contributed by atoms with Gasteiger partial charge in [0, 0.05) is 5.69 Å². The lowest BCUT2D eigenvalue weighted by atomic mass is 10.1. The number of anilines is 1. The number of piperazine rings is 1. The van der Waals surface area contributed by atoms with E-state index in [-0.39, 0.29) is 24.9 Å². The summed E-state index contributed by atoms with van der Waals surface area (Å²) in [6, 6.07) is 7.28. The second-order valence-electron chi connectivity index (χ2n) is 4.34. The van der Waals surface area contributed by atoms with Crippen molar-refractivity contribution in [3.05, 3.63) is 29.8 Å². The lowest BCUT2D eigenvalue weighted by molar-refractivity contribution is -0.130. The van der Waals surface area contributed by atoms with E-state index in [9.17, 15) is 14.7 Å². The fourth-order valence-corrected chi connectivity index (χ4v) is 1.96. The Morgan fingerprint density at radius 3 is 2.28 bits per heavy atom. The summed E-state index contributed by atoms with van der Waals surface area (Å²) in [5.74, 6) is -0.576. The molecule has 2 rings (SSSR count). The van der Waals surface area contributed by atoms with Crippen LogP contribution in [-0.4, -0.2) is 30.0 Å². The molecule has 1 fully saturated rings. The molecule has 0 aromatic heterocycles. The summed E-state index contributed by atoms with van der Waals surface area (Å²) in [5, 5.41) is 11.9. The Balaban J connectivity index is 2.14. The van der Waals surface area contributed by atoms with Crippen molar-refractivity contribution in [2.24, 2.45) is 0 Å². The molecule has 2 amide bonds. The standard InChI is InChI=1S/C13H16N2O3/c1-2-11(16)9-3-5-10(6-4-9)15-7-12(17)14-13(18)8-15/h3-6,11,16H,2,7-8H2,1H3,(H,14,17,18)/t11-/m1/s1. The van der Waals surface area contributed by atoms with Crippen LogP contribution in [0.5, 0.6) is 0 Å². The van der Waals surface area contributed by atoms with Crippen molar-refractivity contribution in [3.8, 4) is 0 Å². The first-order valence-corrected chi connectivity index (χ1v) is 5.96. The van der Waals surface area contributed by atoms with Crippen LogP contribution in [0.4, 0.5) is 5.69 Å². The molecule has 1 heterocycles. The zero-order chi connectivity index (χ0) is 13.1. The molecule has 5 heteroatoms. The highest BCUT2D eigenvalue weighted by molar-refractivity contribution is 6.02. The molecular weight excluding hydrogens is 232 g/mol. The number of amides is 2. The zero-order valence-corrected chi connectivity index (χ0v) is 10.2. The van der Waals surface area contributed by atoms with E-state index in [4.69, 9.17) is 0 Å². The average molecular weight is 248 g/mol. The maximum atomic E-state index is 11.3. The summed E-state index contributed by atoms with van der Waals surface area (Å²) in [6.07, 6.45) is 0.189. The van der Waals surface area contributed by atoms with Crippen LogP contribution in [0.25, 0.3) is 0 Å². The third kappa shape index (κ3) is 2.68. The molecule has 18 heavy (non-hydrogen) atoms. The van der Waals surface area contributed by atoms with Gasteiger partial charge in [0.2, 0.25) is 11.8 Å². The molecule has 2 N–H and O–H groups in total. The number of aliphatic hydroxyl groups excluding tert-OH is 1. The Morgan fingerprint density at radius 2 is 1.78 bits per heavy atom. The van der Waals surface area contributed by atoms with E-state index in [2.05, 4.69) is 5.32 Å². The highest BCUT2D eigenvalue weighted by atomic mass is 16.3. The van der Waals surface area contributed by atoms with Gasteiger partial charge in [-0.25, -0.2) is 0 Å². The number of hydrogen-bond donors (Lipinski definition) is 2. The van der Waals surface area contributed by atoms with E-state index < -0.39 is 6.10 Å². The van der Waals surface area contributed by atoms with Crippen LogP contribution in [0.3, 0.4) is 0 Å². The number of carbonyl (C=O) groups excluding carboxylic acids is 2. The Kier molecular flexibility index (Phi) is 3.62. The largest absolute Gasteiger partial charge is 0.388 e. The first kappa shape index (κ1) is 12.6. The molecule has 0 bridgehead atoms. The predicted octanol–water partition coefficient (Wildman–Crippen LogP) is 0.593. The number of benzene rings is 1. The Morgan fingerprint density at radius 1 is 1.22 bits per heavy atom. The molecule has 1 aromatic rings. The quantitative estimate of drug-likeness (QED) is 0.768. The lowest BCUT2D eigenvalue weighted by Crippen LogP contribution is -2.51. The van der Waals surface area contributed by atoms with E-state index in [0.717, 1.165) is 11.3 Å². The predicted molar refractivity (Wildman–Crippen MR) is 67.1 cm³/mol. The minimum Gasteiger partial charge on any atom is -0.388 e. The fourth-order valence-electron chi connectivity index (χ4n) is 1.96. The molecule has 5 nitrogen and oxygen atoms in total. The van der Waals surface area contributed by atoms with E-state index >= 15 is 0 Å². The molecule has 1 saturated heterocycles. The molecule has 0 spiro atoms. The number of nitrogens with zero attached hydrogens (tertiary/aromatic N) is 1. The summed E-state index contributed by atoms with van der Waals surface area (Å²) < 4.78 is 0. The summed E-state index contributed by atoms with van der Waals surface area (Å²) in [4.78, 5) is 24.2. The normalized spacial score (nSPS) is 17.6. The van der Waals surface area contributed by atoms with Gasteiger partial charge in [-0.1, -0.05) is 19.1 Å². The van der Waals surface area contributed by atoms with E-state index in [1.165, 1.54) is 0 Å². The van der Waals surface area contributed by atoms with Gasteiger partial charge >= 0.3 is 0 Å². The Bertz CT molecular complexity index is 440. The van der Waals surface area contributed by atoms with Crippen molar-refractivity contribution < 1.29 is 14.7 Å². The second kappa shape index (κ2) is 5.18. The number of carbonyl (C=O) groups is 2. The van der Waals surface area contributed by atoms with E-state index in [1.54, 1.807) is 4.90 Å². The van der Waals surface area contributed by atoms with Gasteiger partial charge < -0.3 is 10.0 Å². The van der Waals surface area contributed by atoms with Crippen molar-refractivity contribution in [1.29, 1.82) is 0 Å². The lowest BCUT2D eigenvalue weighted by Gasteiger charge is -2.27. The summed E-state index contributed by atoms with van der Waals surface area (Å²) in [7, 11) is 0. The molecule has 0 radical (unpaired) electrons. The SMILES string of the molecule is CC[C@@H](O)c1ccc(N2CC(=O)NC(=O)C2)cc1. The Labute approximate surface area is 105 Å². The van der Waals surface area contributed by atoms with Gasteiger partial charge in [0.05, 0.1) is 19.2 Å². The first-order valence-electron chi connectivity index (χ1n) is 5.96.